The maximum absolute atomic E-state index is 12.3. The number of imidazole rings is 1. The van der Waals surface area contributed by atoms with Crippen LogP contribution in [0, 0.1) is 6.92 Å². The van der Waals surface area contributed by atoms with Crippen molar-refractivity contribution in [3.05, 3.63) is 90.0 Å². The summed E-state index contributed by atoms with van der Waals surface area (Å²) in [5, 5.41) is 0. The van der Waals surface area contributed by atoms with Crippen LogP contribution < -0.4 is 0 Å². The smallest absolute Gasteiger partial charge is 0.326 e. The first-order chi connectivity index (χ1) is 11.2. The summed E-state index contributed by atoms with van der Waals surface area (Å²) >= 11 is 0. The Morgan fingerprint density at radius 3 is 2.43 bits per heavy atom. The summed E-state index contributed by atoms with van der Waals surface area (Å²) in [4.78, 5) is 16.2. The predicted octanol–water partition coefficient (Wildman–Crippen LogP) is 3.52. The van der Waals surface area contributed by atoms with Crippen molar-refractivity contribution in [2.45, 2.75) is 19.6 Å². The molecule has 0 unspecified atom stereocenters. The van der Waals surface area contributed by atoms with Crippen LogP contribution >= 0.6 is 0 Å². The van der Waals surface area contributed by atoms with E-state index in [0.717, 1.165) is 11.1 Å². The van der Waals surface area contributed by atoms with Gasteiger partial charge in [-0.05, 0) is 18.1 Å². The minimum Gasteiger partial charge on any atom is -0.451 e. The first kappa shape index (κ1) is 15.0. The van der Waals surface area contributed by atoms with Crippen LogP contribution in [0.2, 0.25) is 0 Å². The van der Waals surface area contributed by atoms with E-state index >= 15 is 0 Å². The minimum atomic E-state index is -0.409. The van der Waals surface area contributed by atoms with Gasteiger partial charge in [0.15, 0.2) is 6.10 Å². The third-order valence-corrected chi connectivity index (χ3v) is 3.60. The molecule has 23 heavy (non-hydrogen) atoms. The second-order valence-electron chi connectivity index (χ2n) is 5.43. The number of carbonyl (C=O) groups is 1. The molecule has 2 aromatic carbocycles. The van der Waals surface area contributed by atoms with Crippen LogP contribution in [0.5, 0.6) is 0 Å². The average Bonchev–Trinajstić information content (AvgIpc) is 3.07. The molecule has 1 atom stereocenters. The molecule has 4 nitrogen and oxygen atoms in total. The summed E-state index contributed by atoms with van der Waals surface area (Å²) in [7, 11) is 0. The zero-order valence-electron chi connectivity index (χ0n) is 12.9. The van der Waals surface area contributed by atoms with Crippen LogP contribution in [0.3, 0.4) is 0 Å². The maximum atomic E-state index is 12.3. The molecule has 1 aromatic heterocycles. The Labute approximate surface area is 135 Å². The fourth-order valence-corrected chi connectivity index (χ4v) is 2.40. The molecule has 3 aromatic rings. The van der Waals surface area contributed by atoms with Gasteiger partial charge in [0.05, 0.1) is 6.33 Å². The maximum Gasteiger partial charge on any atom is 0.326 e. The number of esters is 1. The minimum absolute atomic E-state index is 0.148. The molecule has 0 bridgehead atoms. The lowest BCUT2D eigenvalue weighted by Crippen LogP contribution is -2.17. The van der Waals surface area contributed by atoms with Crippen molar-refractivity contribution in [1.82, 2.24) is 9.55 Å². The molecular formula is C19H18N2O2. The van der Waals surface area contributed by atoms with Gasteiger partial charge in [0.25, 0.3) is 0 Å². The van der Waals surface area contributed by atoms with E-state index in [0.29, 0.717) is 0 Å². The number of nitrogens with zero attached hydrogens (tertiary/aromatic N) is 2. The van der Waals surface area contributed by atoms with Crippen molar-refractivity contribution in [2.75, 3.05) is 0 Å². The van der Waals surface area contributed by atoms with Gasteiger partial charge in [-0.3, -0.25) is 4.79 Å². The Bertz CT molecular complexity index is 750. The number of ether oxygens (including phenoxy) is 1. The number of hydrogen-bond donors (Lipinski definition) is 0. The number of aromatic nitrogens is 2. The summed E-state index contributed by atoms with van der Waals surface area (Å²) in [6.07, 6.45) is 4.57. The Morgan fingerprint density at radius 2 is 1.78 bits per heavy atom. The van der Waals surface area contributed by atoms with Gasteiger partial charge in [-0.15, -0.1) is 0 Å². The molecule has 0 aliphatic carbocycles. The number of benzene rings is 2. The summed E-state index contributed by atoms with van der Waals surface area (Å²) in [5.74, 6) is -0.294. The number of rotatable bonds is 5. The van der Waals surface area contributed by atoms with Crippen molar-refractivity contribution < 1.29 is 9.53 Å². The van der Waals surface area contributed by atoms with E-state index in [1.165, 1.54) is 5.56 Å². The van der Waals surface area contributed by atoms with E-state index in [9.17, 15) is 4.79 Å². The summed E-state index contributed by atoms with van der Waals surface area (Å²) < 4.78 is 7.44. The summed E-state index contributed by atoms with van der Waals surface area (Å²) in [6, 6.07) is 17.8. The molecule has 0 saturated carbocycles. The molecule has 0 spiro atoms. The lowest BCUT2D eigenvalue weighted by Gasteiger charge is -2.19. The van der Waals surface area contributed by atoms with Gasteiger partial charge in [0, 0.05) is 12.4 Å². The van der Waals surface area contributed by atoms with Crippen molar-refractivity contribution in [3.8, 4) is 0 Å². The lowest BCUT2D eigenvalue weighted by molar-refractivity contribution is -0.148. The summed E-state index contributed by atoms with van der Waals surface area (Å²) in [6.45, 7) is 2.18. The number of carbonyl (C=O) groups excluding carboxylic acids is 1. The molecular weight excluding hydrogens is 288 g/mol. The van der Waals surface area contributed by atoms with E-state index in [1.807, 2.05) is 61.5 Å². The fraction of sp³-hybridized carbons (Fsp3) is 0.158. The lowest BCUT2D eigenvalue weighted by atomic mass is 10.0. The van der Waals surface area contributed by atoms with Crippen LogP contribution in [-0.4, -0.2) is 15.5 Å². The Morgan fingerprint density at radius 1 is 1.09 bits per heavy atom. The normalized spacial score (nSPS) is 11.9. The molecule has 1 heterocycles. The highest BCUT2D eigenvalue weighted by Gasteiger charge is 2.19. The van der Waals surface area contributed by atoms with E-state index in [4.69, 9.17) is 4.74 Å². The van der Waals surface area contributed by atoms with Gasteiger partial charge in [0.1, 0.15) is 6.54 Å². The molecule has 0 N–H and O–H groups in total. The quantitative estimate of drug-likeness (QED) is 0.677. The predicted molar refractivity (Wildman–Crippen MR) is 87.8 cm³/mol. The first-order valence-electron chi connectivity index (χ1n) is 7.49. The van der Waals surface area contributed by atoms with Gasteiger partial charge >= 0.3 is 5.97 Å². The van der Waals surface area contributed by atoms with Crippen molar-refractivity contribution in [2.24, 2.45) is 0 Å². The first-order valence-corrected chi connectivity index (χ1v) is 7.49. The number of aryl methyl sites for hydroxylation is 1. The third-order valence-electron chi connectivity index (χ3n) is 3.60. The van der Waals surface area contributed by atoms with E-state index in [-0.39, 0.29) is 12.5 Å². The highest BCUT2D eigenvalue weighted by atomic mass is 16.5. The number of hydrogen-bond acceptors (Lipinski definition) is 3. The molecule has 4 heteroatoms. The van der Waals surface area contributed by atoms with Gasteiger partial charge < -0.3 is 9.30 Å². The zero-order chi connectivity index (χ0) is 16.1. The van der Waals surface area contributed by atoms with Gasteiger partial charge in [-0.25, -0.2) is 4.98 Å². The van der Waals surface area contributed by atoms with E-state index < -0.39 is 6.10 Å². The van der Waals surface area contributed by atoms with E-state index in [2.05, 4.69) is 4.98 Å². The van der Waals surface area contributed by atoms with Crippen molar-refractivity contribution >= 4 is 5.97 Å². The van der Waals surface area contributed by atoms with Crippen molar-refractivity contribution in [1.29, 1.82) is 0 Å². The SMILES string of the molecule is Cc1ccc([C@H](OC(=O)Cn2ccnc2)c2ccccc2)cc1. The fourth-order valence-electron chi connectivity index (χ4n) is 2.40. The Balaban J connectivity index is 1.83. The zero-order valence-corrected chi connectivity index (χ0v) is 12.9. The molecule has 0 saturated heterocycles. The second kappa shape index (κ2) is 6.92. The molecule has 0 aliphatic rings. The summed E-state index contributed by atoms with van der Waals surface area (Å²) in [5.41, 5.74) is 3.08. The highest BCUT2D eigenvalue weighted by molar-refractivity contribution is 5.70. The molecule has 116 valence electrons. The Hall–Kier alpha value is -2.88. The van der Waals surface area contributed by atoms with Crippen LogP contribution in [0.15, 0.2) is 73.3 Å². The van der Waals surface area contributed by atoms with Gasteiger partial charge in [-0.1, -0.05) is 60.2 Å². The average molecular weight is 306 g/mol. The van der Waals surface area contributed by atoms with Gasteiger partial charge in [0.2, 0.25) is 0 Å². The van der Waals surface area contributed by atoms with Crippen LogP contribution in [0.25, 0.3) is 0 Å². The molecule has 0 radical (unpaired) electrons. The third kappa shape index (κ3) is 3.86. The molecule has 0 aliphatic heterocycles. The Kier molecular flexibility index (Phi) is 4.52. The van der Waals surface area contributed by atoms with Gasteiger partial charge in [-0.2, -0.15) is 0 Å². The van der Waals surface area contributed by atoms with E-state index in [1.54, 1.807) is 23.3 Å². The highest BCUT2D eigenvalue weighted by Crippen LogP contribution is 2.26. The molecule has 3 rings (SSSR count). The molecule has 0 amide bonds. The monoisotopic (exact) mass is 306 g/mol. The van der Waals surface area contributed by atoms with Crippen LogP contribution in [-0.2, 0) is 16.1 Å². The van der Waals surface area contributed by atoms with Crippen LogP contribution in [0.1, 0.15) is 22.8 Å². The topological polar surface area (TPSA) is 44.1 Å². The van der Waals surface area contributed by atoms with Crippen LogP contribution in [0.4, 0.5) is 0 Å². The second-order valence-corrected chi connectivity index (χ2v) is 5.43. The van der Waals surface area contributed by atoms with Crippen molar-refractivity contribution in [3.63, 3.8) is 0 Å². The largest absolute Gasteiger partial charge is 0.451 e. The molecule has 0 fully saturated rings. The standard InChI is InChI=1S/C19H18N2O2/c1-15-7-9-17(10-8-15)19(16-5-3-2-4-6-16)23-18(22)13-21-12-11-20-14-21/h2-12,14,19H,13H2,1H3/t19-/m1/s1.